The number of amides is 1. The highest BCUT2D eigenvalue weighted by Crippen LogP contribution is 2.35. The second kappa shape index (κ2) is 5.90. The number of hydrogen-bond acceptors (Lipinski definition) is 4. The highest BCUT2D eigenvalue weighted by molar-refractivity contribution is 5.99. The Kier molecular flexibility index (Phi) is 4.22. The van der Waals surface area contributed by atoms with Crippen molar-refractivity contribution in [2.24, 2.45) is 5.92 Å². The zero-order valence-corrected chi connectivity index (χ0v) is 11.7. The first-order chi connectivity index (χ1) is 9.56. The van der Waals surface area contributed by atoms with Crippen LogP contribution in [-0.4, -0.2) is 23.9 Å². The molecule has 20 heavy (non-hydrogen) atoms. The summed E-state index contributed by atoms with van der Waals surface area (Å²) in [5.74, 6) is 0.160. The van der Waals surface area contributed by atoms with Gasteiger partial charge < -0.3 is 10.6 Å². The van der Waals surface area contributed by atoms with Gasteiger partial charge in [-0.05, 0) is 30.9 Å². The number of nitro groups is 1. The van der Waals surface area contributed by atoms with Crippen molar-refractivity contribution in [3.63, 3.8) is 0 Å². The molecule has 1 amide bonds. The first-order valence-electron chi connectivity index (χ1n) is 6.83. The van der Waals surface area contributed by atoms with Crippen LogP contribution in [0.4, 0.5) is 11.4 Å². The molecule has 0 bridgehead atoms. The first-order valence-corrected chi connectivity index (χ1v) is 6.83. The summed E-state index contributed by atoms with van der Waals surface area (Å²) in [5.41, 5.74) is 0.639. The molecule has 2 unspecified atom stereocenters. The molecule has 1 aromatic carbocycles. The molecular formula is C14H19N3O3. The molecule has 6 heteroatoms. The summed E-state index contributed by atoms with van der Waals surface area (Å²) in [4.78, 5) is 22.7. The van der Waals surface area contributed by atoms with Crippen molar-refractivity contribution in [3.8, 4) is 0 Å². The lowest BCUT2D eigenvalue weighted by molar-refractivity contribution is -0.385. The second-order valence-electron chi connectivity index (χ2n) is 5.10. The number of carbonyl (C=O) groups excluding carboxylic acids is 1. The number of rotatable bonds is 6. The third-order valence-electron chi connectivity index (χ3n) is 3.63. The average molecular weight is 277 g/mol. The van der Waals surface area contributed by atoms with Crippen molar-refractivity contribution in [2.75, 3.05) is 12.4 Å². The Morgan fingerprint density at radius 3 is 2.85 bits per heavy atom. The number of hydrogen-bond donors (Lipinski definition) is 2. The number of nitrogens with zero attached hydrogens (tertiary/aromatic N) is 1. The minimum Gasteiger partial charge on any atom is -0.388 e. The summed E-state index contributed by atoms with van der Waals surface area (Å²) in [6.45, 7) is 2.11. The van der Waals surface area contributed by atoms with Gasteiger partial charge in [-0.15, -0.1) is 0 Å². The maximum Gasteiger partial charge on any atom is 0.282 e. The third-order valence-corrected chi connectivity index (χ3v) is 3.63. The largest absolute Gasteiger partial charge is 0.388 e. The molecule has 1 fully saturated rings. The highest BCUT2D eigenvalue weighted by atomic mass is 16.6. The Morgan fingerprint density at radius 2 is 2.25 bits per heavy atom. The number of nitro benzene ring substituents is 1. The molecule has 0 saturated heterocycles. The quantitative estimate of drug-likeness (QED) is 0.618. The van der Waals surface area contributed by atoms with E-state index in [2.05, 4.69) is 17.6 Å². The molecule has 6 nitrogen and oxygen atoms in total. The lowest BCUT2D eigenvalue weighted by atomic mass is 10.1. The van der Waals surface area contributed by atoms with Crippen molar-refractivity contribution in [1.82, 2.24) is 5.32 Å². The summed E-state index contributed by atoms with van der Waals surface area (Å²) in [7, 11) is 1.71. The van der Waals surface area contributed by atoms with E-state index in [-0.39, 0.29) is 23.2 Å². The summed E-state index contributed by atoms with van der Waals surface area (Å²) < 4.78 is 0. The predicted molar refractivity (Wildman–Crippen MR) is 76.9 cm³/mol. The Morgan fingerprint density at radius 1 is 1.50 bits per heavy atom. The van der Waals surface area contributed by atoms with Gasteiger partial charge in [0, 0.05) is 24.8 Å². The van der Waals surface area contributed by atoms with Crippen LogP contribution in [-0.2, 0) is 0 Å². The Bertz CT molecular complexity index is 530. The van der Waals surface area contributed by atoms with Crippen LogP contribution in [0, 0.1) is 16.0 Å². The van der Waals surface area contributed by atoms with Crippen LogP contribution in [0.1, 0.15) is 36.5 Å². The van der Waals surface area contributed by atoms with Gasteiger partial charge in [0.15, 0.2) is 0 Å². The number of anilines is 1. The van der Waals surface area contributed by atoms with Crippen LogP contribution < -0.4 is 10.6 Å². The maximum atomic E-state index is 12.2. The fourth-order valence-corrected chi connectivity index (χ4v) is 2.39. The molecule has 0 heterocycles. The lowest BCUT2D eigenvalue weighted by Gasteiger charge is -2.07. The molecule has 0 aliphatic heterocycles. The van der Waals surface area contributed by atoms with Crippen molar-refractivity contribution in [2.45, 2.75) is 32.2 Å². The second-order valence-corrected chi connectivity index (χ2v) is 5.10. The lowest BCUT2D eigenvalue weighted by Crippen LogP contribution is -2.27. The average Bonchev–Trinajstić information content (AvgIpc) is 3.16. The number of benzene rings is 1. The van der Waals surface area contributed by atoms with Crippen molar-refractivity contribution >= 4 is 17.3 Å². The fourth-order valence-electron chi connectivity index (χ4n) is 2.39. The Labute approximate surface area is 117 Å². The van der Waals surface area contributed by atoms with Crippen molar-refractivity contribution in [1.29, 1.82) is 0 Å². The minimum atomic E-state index is -0.523. The summed E-state index contributed by atoms with van der Waals surface area (Å²) in [6, 6.07) is 4.63. The smallest absolute Gasteiger partial charge is 0.282 e. The maximum absolute atomic E-state index is 12.2. The van der Waals surface area contributed by atoms with E-state index in [1.807, 2.05) is 0 Å². The third kappa shape index (κ3) is 3.07. The normalized spacial score (nSPS) is 20.3. The van der Waals surface area contributed by atoms with E-state index in [1.165, 1.54) is 12.1 Å². The van der Waals surface area contributed by atoms with Gasteiger partial charge in [-0.25, -0.2) is 0 Å². The molecule has 2 N–H and O–H groups in total. The molecule has 2 rings (SSSR count). The van der Waals surface area contributed by atoms with Crippen molar-refractivity contribution in [3.05, 3.63) is 33.9 Å². The first kappa shape index (κ1) is 14.3. The Balaban J connectivity index is 2.14. The van der Waals surface area contributed by atoms with Gasteiger partial charge in [0.1, 0.15) is 5.56 Å². The van der Waals surface area contributed by atoms with Crippen LogP contribution >= 0.6 is 0 Å². The van der Waals surface area contributed by atoms with E-state index in [1.54, 1.807) is 13.1 Å². The van der Waals surface area contributed by atoms with Gasteiger partial charge >= 0.3 is 0 Å². The zero-order chi connectivity index (χ0) is 14.7. The van der Waals surface area contributed by atoms with Gasteiger partial charge in [0.05, 0.1) is 4.92 Å². The Hall–Kier alpha value is -2.11. The van der Waals surface area contributed by atoms with Crippen molar-refractivity contribution < 1.29 is 9.72 Å². The number of carbonyl (C=O) groups is 1. The molecule has 1 saturated carbocycles. The molecule has 2 atom stereocenters. The molecule has 0 radical (unpaired) electrons. The highest BCUT2D eigenvalue weighted by Gasteiger charge is 2.38. The van der Waals surface area contributed by atoms with Gasteiger partial charge in [0.25, 0.3) is 11.6 Å². The number of nitrogens with one attached hydrogen (secondary N) is 2. The topological polar surface area (TPSA) is 84.3 Å². The fraction of sp³-hybridized carbons (Fsp3) is 0.500. The van der Waals surface area contributed by atoms with Gasteiger partial charge in [-0.3, -0.25) is 14.9 Å². The van der Waals surface area contributed by atoms with Crippen LogP contribution in [0.2, 0.25) is 0 Å². The summed E-state index contributed by atoms with van der Waals surface area (Å²) in [5, 5.41) is 16.8. The predicted octanol–water partition coefficient (Wildman–Crippen LogP) is 2.55. The molecule has 0 aromatic heterocycles. The molecule has 1 aromatic rings. The van der Waals surface area contributed by atoms with Gasteiger partial charge in [-0.2, -0.15) is 0 Å². The van der Waals surface area contributed by atoms with Gasteiger partial charge in [0.2, 0.25) is 0 Å². The van der Waals surface area contributed by atoms with Crippen LogP contribution in [0.25, 0.3) is 0 Å². The van der Waals surface area contributed by atoms with E-state index >= 15 is 0 Å². The molecule has 1 aliphatic carbocycles. The van der Waals surface area contributed by atoms with Crippen LogP contribution in [0.5, 0.6) is 0 Å². The molecule has 108 valence electrons. The minimum absolute atomic E-state index is 0.115. The standard InChI is InChI=1S/C14H19N3O3/c1-3-4-9-7-12(9)16-14(18)11-8-10(15-2)5-6-13(11)17(19)20/h5-6,8-9,12,15H,3-4,7H2,1-2H3,(H,16,18). The molecule has 0 spiro atoms. The van der Waals surface area contributed by atoms with E-state index in [0.29, 0.717) is 11.6 Å². The van der Waals surface area contributed by atoms with Crippen LogP contribution in [0.15, 0.2) is 18.2 Å². The molecular weight excluding hydrogens is 258 g/mol. The van der Waals surface area contributed by atoms with E-state index in [0.717, 1.165) is 19.3 Å². The van der Waals surface area contributed by atoms with E-state index in [4.69, 9.17) is 0 Å². The monoisotopic (exact) mass is 277 g/mol. The summed E-state index contributed by atoms with van der Waals surface area (Å²) >= 11 is 0. The summed E-state index contributed by atoms with van der Waals surface area (Å²) in [6.07, 6.45) is 3.15. The van der Waals surface area contributed by atoms with Gasteiger partial charge in [-0.1, -0.05) is 13.3 Å². The zero-order valence-electron chi connectivity index (χ0n) is 11.7. The van der Waals surface area contributed by atoms with Crippen LogP contribution in [0.3, 0.4) is 0 Å². The van der Waals surface area contributed by atoms with E-state index < -0.39 is 4.92 Å². The van der Waals surface area contributed by atoms with E-state index in [9.17, 15) is 14.9 Å². The molecule has 1 aliphatic rings. The SMILES string of the molecule is CCCC1CC1NC(=O)c1cc(NC)ccc1[N+](=O)[O-].